The van der Waals surface area contributed by atoms with Crippen molar-refractivity contribution in [3.63, 3.8) is 0 Å². The van der Waals surface area contributed by atoms with Gasteiger partial charge in [0.2, 0.25) is 0 Å². The van der Waals surface area contributed by atoms with Crippen LogP contribution >= 0.6 is 15.9 Å². The predicted molar refractivity (Wildman–Crippen MR) is 58.5 cm³/mol. The number of nitrogens with two attached hydrogens (primary N) is 2. The molecular formula is C9H11BrN4. The Morgan fingerprint density at radius 3 is 2.93 bits per heavy atom. The fraction of sp³-hybridized carbons (Fsp3) is 0.222. The van der Waals surface area contributed by atoms with Gasteiger partial charge in [0.05, 0.1) is 6.04 Å². The van der Waals surface area contributed by atoms with Gasteiger partial charge in [0.15, 0.2) is 4.45 Å². The largest absolute Gasteiger partial charge is 0.401 e. The third-order valence-corrected chi connectivity index (χ3v) is 3.00. The number of aromatic nitrogens is 2. The minimum absolute atomic E-state index is 0.198. The lowest BCUT2D eigenvalue weighted by Gasteiger charge is -2.26. The van der Waals surface area contributed by atoms with Gasteiger partial charge in [-0.15, -0.1) is 0 Å². The smallest absolute Gasteiger partial charge is 0.155 e. The first-order chi connectivity index (χ1) is 6.62. The molecule has 0 spiro atoms. The van der Waals surface area contributed by atoms with Crippen LogP contribution in [-0.2, 0) is 4.45 Å². The van der Waals surface area contributed by atoms with Crippen LogP contribution in [0.3, 0.4) is 0 Å². The normalized spacial score (nSPS) is 31.6. The number of nitrogens with zero attached hydrogens (tertiary/aromatic N) is 2. The van der Waals surface area contributed by atoms with Gasteiger partial charge < -0.3 is 11.5 Å². The number of allylic oxidation sites excluding steroid dienone is 2. The second kappa shape index (κ2) is 3.25. The van der Waals surface area contributed by atoms with E-state index in [1.165, 1.54) is 0 Å². The highest BCUT2D eigenvalue weighted by atomic mass is 79.9. The first kappa shape index (κ1) is 9.48. The summed E-state index contributed by atoms with van der Waals surface area (Å²) in [5, 5.41) is 4.15. The average Bonchev–Trinajstić information content (AvgIpc) is 2.65. The van der Waals surface area contributed by atoms with Crippen LogP contribution in [0, 0.1) is 0 Å². The number of rotatable bonds is 1. The summed E-state index contributed by atoms with van der Waals surface area (Å²) in [6, 6.07) is 1.66. The molecule has 5 heteroatoms. The maximum atomic E-state index is 5.77. The zero-order chi connectivity index (χ0) is 10.2. The number of alkyl halides is 1. The number of hydrogen-bond acceptors (Lipinski definition) is 3. The first-order valence-corrected chi connectivity index (χ1v) is 5.03. The molecule has 1 aromatic heterocycles. The van der Waals surface area contributed by atoms with E-state index in [-0.39, 0.29) is 6.04 Å². The Morgan fingerprint density at radius 1 is 1.57 bits per heavy atom. The van der Waals surface area contributed by atoms with Gasteiger partial charge in [0, 0.05) is 18.1 Å². The molecule has 4 N–H and O–H groups in total. The molecule has 14 heavy (non-hydrogen) atoms. The fourth-order valence-corrected chi connectivity index (χ4v) is 1.97. The third-order valence-electron chi connectivity index (χ3n) is 2.15. The first-order valence-electron chi connectivity index (χ1n) is 4.24. The van der Waals surface area contributed by atoms with Crippen molar-refractivity contribution in [3.05, 3.63) is 42.4 Å². The molecule has 1 heterocycles. The Labute approximate surface area is 90.4 Å². The van der Waals surface area contributed by atoms with Crippen LogP contribution in [0.4, 0.5) is 0 Å². The van der Waals surface area contributed by atoms with E-state index < -0.39 is 4.45 Å². The second-order valence-corrected chi connectivity index (χ2v) is 4.48. The van der Waals surface area contributed by atoms with E-state index in [0.717, 1.165) is 0 Å². The van der Waals surface area contributed by atoms with Crippen LogP contribution in [0.1, 0.15) is 0 Å². The van der Waals surface area contributed by atoms with Crippen molar-refractivity contribution < 1.29 is 0 Å². The van der Waals surface area contributed by atoms with Crippen molar-refractivity contribution in [2.45, 2.75) is 10.5 Å². The van der Waals surface area contributed by atoms with Crippen molar-refractivity contribution in [1.82, 2.24) is 9.78 Å². The molecule has 2 unspecified atom stereocenters. The fourth-order valence-electron chi connectivity index (χ4n) is 1.34. The van der Waals surface area contributed by atoms with E-state index in [2.05, 4.69) is 21.0 Å². The van der Waals surface area contributed by atoms with Crippen molar-refractivity contribution in [2.75, 3.05) is 0 Å². The zero-order valence-corrected chi connectivity index (χ0v) is 9.05. The Morgan fingerprint density at radius 2 is 2.36 bits per heavy atom. The molecule has 1 aliphatic rings. The molecule has 0 aliphatic heterocycles. The molecule has 74 valence electrons. The summed E-state index contributed by atoms with van der Waals surface area (Å²) >= 11 is 3.55. The van der Waals surface area contributed by atoms with E-state index in [1.54, 1.807) is 10.9 Å². The standard InChI is InChI=1S/C9H11BrN4/c10-9(14-5-1-4-13-14)3-2-7(11)8(12)6-9/h1-7H,11-12H2. The minimum Gasteiger partial charge on any atom is -0.401 e. The van der Waals surface area contributed by atoms with Gasteiger partial charge in [-0.05, 0) is 34.1 Å². The Kier molecular flexibility index (Phi) is 2.20. The van der Waals surface area contributed by atoms with Crippen LogP contribution in [0.25, 0.3) is 0 Å². The third kappa shape index (κ3) is 1.49. The van der Waals surface area contributed by atoms with Gasteiger partial charge in [-0.2, -0.15) is 5.10 Å². The topological polar surface area (TPSA) is 69.9 Å². The van der Waals surface area contributed by atoms with Crippen molar-refractivity contribution in [3.8, 4) is 0 Å². The monoisotopic (exact) mass is 254 g/mol. The molecule has 2 rings (SSSR count). The van der Waals surface area contributed by atoms with E-state index in [4.69, 9.17) is 11.5 Å². The van der Waals surface area contributed by atoms with Crippen LogP contribution in [0.15, 0.2) is 42.4 Å². The lowest BCUT2D eigenvalue weighted by Crippen LogP contribution is -2.34. The quantitative estimate of drug-likeness (QED) is 0.572. The van der Waals surface area contributed by atoms with Crippen molar-refractivity contribution >= 4 is 15.9 Å². The van der Waals surface area contributed by atoms with Gasteiger partial charge in [-0.1, -0.05) is 6.08 Å². The van der Waals surface area contributed by atoms with Gasteiger partial charge in [0.1, 0.15) is 0 Å². The molecular weight excluding hydrogens is 244 g/mol. The SMILES string of the molecule is NC1=CC(Br)(n2cccn2)C=CC1N. The molecule has 2 atom stereocenters. The summed E-state index contributed by atoms with van der Waals surface area (Å²) in [6.45, 7) is 0. The van der Waals surface area contributed by atoms with Gasteiger partial charge in [-0.3, -0.25) is 0 Å². The Bertz CT molecular complexity index is 382. The van der Waals surface area contributed by atoms with E-state index >= 15 is 0 Å². The highest BCUT2D eigenvalue weighted by molar-refractivity contribution is 9.09. The highest BCUT2D eigenvalue weighted by Gasteiger charge is 2.27. The van der Waals surface area contributed by atoms with Gasteiger partial charge >= 0.3 is 0 Å². The molecule has 0 saturated carbocycles. The predicted octanol–water partition coefficient (Wildman–Crippen LogP) is 0.670. The van der Waals surface area contributed by atoms with Crippen molar-refractivity contribution in [2.24, 2.45) is 11.5 Å². The average molecular weight is 255 g/mol. The van der Waals surface area contributed by atoms with Gasteiger partial charge in [0.25, 0.3) is 0 Å². The lowest BCUT2D eigenvalue weighted by molar-refractivity contribution is 0.574. The van der Waals surface area contributed by atoms with E-state index in [0.29, 0.717) is 5.70 Å². The molecule has 0 bridgehead atoms. The molecule has 1 aliphatic carbocycles. The summed E-state index contributed by atoms with van der Waals surface area (Å²) in [5.74, 6) is 0. The molecule has 0 aromatic carbocycles. The molecule has 0 radical (unpaired) electrons. The Balaban J connectivity index is 2.40. The van der Waals surface area contributed by atoms with E-state index in [9.17, 15) is 0 Å². The van der Waals surface area contributed by atoms with Crippen LogP contribution in [-0.4, -0.2) is 15.8 Å². The lowest BCUT2D eigenvalue weighted by atomic mass is 10.0. The molecule has 0 amide bonds. The summed E-state index contributed by atoms with van der Waals surface area (Å²) < 4.78 is 1.29. The number of hydrogen-bond donors (Lipinski definition) is 2. The number of halogens is 1. The maximum absolute atomic E-state index is 5.77. The van der Waals surface area contributed by atoms with Crippen LogP contribution in [0.2, 0.25) is 0 Å². The maximum Gasteiger partial charge on any atom is 0.155 e. The van der Waals surface area contributed by atoms with Crippen LogP contribution < -0.4 is 11.5 Å². The minimum atomic E-state index is -0.476. The molecule has 1 aromatic rings. The Hall–Kier alpha value is -1.07. The molecule has 0 saturated heterocycles. The van der Waals surface area contributed by atoms with Gasteiger partial charge in [-0.25, -0.2) is 4.68 Å². The molecule has 4 nitrogen and oxygen atoms in total. The second-order valence-electron chi connectivity index (χ2n) is 3.21. The van der Waals surface area contributed by atoms with Crippen molar-refractivity contribution in [1.29, 1.82) is 0 Å². The summed E-state index contributed by atoms with van der Waals surface area (Å²) in [4.78, 5) is 0. The van der Waals surface area contributed by atoms with E-state index in [1.807, 2.05) is 30.5 Å². The highest BCUT2D eigenvalue weighted by Crippen LogP contribution is 2.31. The summed E-state index contributed by atoms with van der Waals surface area (Å²) in [5.41, 5.74) is 12.1. The molecule has 0 fully saturated rings. The summed E-state index contributed by atoms with van der Waals surface area (Å²) in [7, 11) is 0. The van der Waals surface area contributed by atoms with Crippen LogP contribution in [0.5, 0.6) is 0 Å². The summed E-state index contributed by atoms with van der Waals surface area (Å²) in [6.07, 6.45) is 9.21. The zero-order valence-electron chi connectivity index (χ0n) is 7.47.